The molecule has 0 radical (unpaired) electrons. The molecule has 0 fully saturated rings. The van der Waals surface area contributed by atoms with E-state index in [1.807, 2.05) is 31.2 Å². The molecule has 30 heavy (non-hydrogen) atoms. The molecule has 2 heterocycles. The number of aromatic nitrogens is 3. The highest BCUT2D eigenvalue weighted by Gasteiger charge is 2.39. The van der Waals surface area contributed by atoms with E-state index in [9.17, 15) is 14.9 Å². The number of hydrogen-bond acceptors (Lipinski definition) is 6. The average Bonchev–Trinajstić information content (AvgIpc) is 3.16. The minimum Gasteiger partial charge on any atom is -0.328 e. The van der Waals surface area contributed by atoms with E-state index in [0.717, 1.165) is 23.2 Å². The first-order chi connectivity index (χ1) is 14.5. The van der Waals surface area contributed by atoms with E-state index in [0.29, 0.717) is 35.8 Å². The number of nitro benzene ring substituents is 1. The van der Waals surface area contributed by atoms with Crippen molar-refractivity contribution in [3.05, 3.63) is 81.0 Å². The van der Waals surface area contributed by atoms with E-state index in [1.54, 1.807) is 22.9 Å². The smallest absolute Gasteiger partial charge is 0.275 e. The molecule has 2 aliphatic rings. The van der Waals surface area contributed by atoms with E-state index >= 15 is 0 Å². The van der Waals surface area contributed by atoms with Gasteiger partial charge in [0.2, 0.25) is 5.95 Å². The van der Waals surface area contributed by atoms with Crippen LogP contribution in [0.3, 0.4) is 0 Å². The molecular weight excluding hydrogens is 382 g/mol. The van der Waals surface area contributed by atoms with Gasteiger partial charge in [-0.25, -0.2) is 4.68 Å². The van der Waals surface area contributed by atoms with Crippen molar-refractivity contribution >= 4 is 17.4 Å². The van der Waals surface area contributed by atoms with Gasteiger partial charge in [-0.3, -0.25) is 14.9 Å². The van der Waals surface area contributed by atoms with Crippen LogP contribution in [0.2, 0.25) is 0 Å². The molecule has 0 spiro atoms. The summed E-state index contributed by atoms with van der Waals surface area (Å²) in [5.41, 5.74) is 3.70. The van der Waals surface area contributed by atoms with Crippen molar-refractivity contribution in [1.82, 2.24) is 14.8 Å². The molecule has 0 saturated carbocycles. The fourth-order valence-electron chi connectivity index (χ4n) is 4.15. The summed E-state index contributed by atoms with van der Waals surface area (Å²) in [7, 11) is 0. The lowest BCUT2D eigenvalue weighted by Gasteiger charge is -2.31. The van der Waals surface area contributed by atoms with Crippen molar-refractivity contribution in [3.63, 3.8) is 0 Å². The molecule has 1 N–H and O–H groups in total. The zero-order valence-corrected chi connectivity index (χ0v) is 16.3. The fraction of sp³-hybridized carbons (Fsp3) is 0.227. The van der Waals surface area contributed by atoms with Gasteiger partial charge in [0.25, 0.3) is 5.69 Å². The van der Waals surface area contributed by atoms with Crippen LogP contribution >= 0.6 is 0 Å². The molecule has 3 aromatic rings. The number of ketones is 1. The zero-order chi connectivity index (χ0) is 20.8. The third-order valence-electron chi connectivity index (χ3n) is 5.61. The summed E-state index contributed by atoms with van der Waals surface area (Å²) in [6, 6.07) is 13.7. The number of aryl methyl sites for hydroxylation is 1. The van der Waals surface area contributed by atoms with Gasteiger partial charge in [0.1, 0.15) is 6.04 Å². The van der Waals surface area contributed by atoms with E-state index in [-0.39, 0.29) is 11.5 Å². The fourth-order valence-corrected chi connectivity index (χ4v) is 4.15. The first-order valence-electron chi connectivity index (χ1n) is 9.83. The topological polar surface area (TPSA) is 103 Å². The normalized spacial score (nSPS) is 17.9. The number of anilines is 1. The second kappa shape index (κ2) is 6.91. The number of nitro groups is 1. The maximum Gasteiger partial charge on any atom is 0.275 e. The third kappa shape index (κ3) is 2.88. The van der Waals surface area contributed by atoms with Crippen molar-refractivity contribution in [1.29, 1.82) is 0 Å². The number of carbonyl (C=O) groups excluding carboxylic acids is 1. The summed E-state index contributed by atoms with van der Waals surface area (Å²) in [6.07, 6.45) is 1.87. The first-order valence-corrected chi connectivity index (χ1v) is 9.83. The van der Waals surface area contributed by atoms with Crippen LogP contribution in [0.5, 0.6) is 0 Å². The molecule has 2 aromatic carbocycles. The van der Waals surface area contributed by atoms with Crippen molar-refractivity contribution in [2.75, 3.05) is 5.32 Å². The quantitative estimate of drug-likeness (QED) is 0.522. The van der Waals surface area contributed by atoms with Crippen LogP contribution in [0.15, 0.2) is 59.8 Å². The number of hydrogen-bond donors (Lipinski definition) is 1. The van der Waals surface area contributed by atoms with Gasteiger partial charge in [-0.05, 0) is 25.8 Å². The highest BCUT2D eigenvalue weighted by atomic mass is 16.6. The summed E-state index contributed by atoms with van der Waals surface area (Å²) < 4.78 is 1.61. The maximum absolute atomic E-state index is 12.9. The van der Waals surface area contributed by atoms with Crippen LogP contribution in [-0.2, 0) is 4.79 Å². The maximum atomic E-state index is 12.9. The molecule has 1 atom stereocenters. The van der Waals surface area contributed by atoms with Crippen LogP contribution in [0.1, 0.15) is 36.4 Å². The third-order valence-corrected chi connectivity index (χ3v) is 5.61. The summed E-state index contributed by atoms with van der Waals surface area (Å²) in [6.45, 7) is 2.01. The van der Waals surface area contributed by atoms with Gasteiger partial charge in [0.05, 0.1) is 10.5 Å². The molecule has 1 aliphatic carbocycles. The number of para-hydroxylation sites is 1. The van der Waals surface area contributed by atoms with Gasteiger partial charge in [-0.15, -0.1) is 5.10 Å². The summed E-state index contributed by atoms with van der Waals surface area (Å²) in [5, 5.41) is 19.6. The van der Waals surface area contributed by atoms with Gasteiger partial charge in [0, 0.05) is 29.3 Å². The molecular formula is C22H19N5O3. The van der Waals surface area contributed by atoms with Crippen molar-refractivity contribution in [2.24, 2.45) is 0 Å². The Morgan fingerprint density at radius 2 is 1.90 bits per heavy atom. The highest BCUT2D eigenvalue weighted by molar-refractivity contribution is 5.99. The Morgan fingerprint density at radius 1 is 1.13 bits per heavy atom. The summed E-state index contributed by atoms with van der Waals surface area (Å²) >= 11 is 0. The van der Waals surface area contributed by atoms with Gasteiger partial charge < -0.3 is 5.32 Å². The van der Waals surface area contributed by atoms with Crippen molar-refractivity contribution < 1.29 is 9.72 Å². The molecule has 5 rings (SSSR count). The van der Waals surface area contributed by atoms with Crippen LogP contribution in [-0.4, -0.2) is 25.5 Å². The van der Waals surface area contributed by atoms with Gasteiger partial charge in [0.15, 0.2) is 11.6 Å². The number of rotatable bonds is 3. The average molecular weight is 401 g/mol. The predicted molar refractivity (Wildman–Crippen MR) is 111 cm³/mol. The number of Topliss-reactive ketones (excluding diaryl/α,β-unsaturated/α-hetero) is 1. The van der Waals surface area contributed by atoms with E-state index in [2.05, 4.69) is 15.4 Å². The van der Waals surface area contributed by atoms with Crippen molar-refractivity contribution in [2.45, 2.75) is 32.2 Å². The Bertz CT molecular complexity index is 1210. The minimum atomic E-state index is -0.683. The second-order valence-electron chi connectivity index (χ2n) is 7.58. The number of nitrogens with zero attached hydrogens (tertiary/aromatic N) is 4. The highest BCUT2D eigenvalue weighted by Crippen LogP contribution is 2.43. The Hall–Kier alpha value is -3.81. The largest absolute Gasteiger partial charge is 0.328 e. The molecule has 1 unspecified atom stereocenters. The lowest BCUT2D eigenvalue weighted by Crippen LogP contribution is -2.31. The molecule has 150 valence electrons. The molecule has 0 amide bonds. The molecule has 1 aromatic heterocycles. The Kier molecular flexibility index (Phi) is 4.20. The molecule has 8 heteroatoms. The molecule has 0 bridgehead atoms. The second-order valence-corrected chi connectivity index (χ2v) is 7.58. The van der Waals surface area contributed by atoms with E-state index in [1.165, 1.54) is 6.07 Å². The minimum absolute atomic E-state index is 0.00932. The van der Waals surface area contributed by atoms with E-state index < -0.39 is 11.0 Å². The lowest BCUT2D eigenvalue weighted by atomic mass is 9.85. The van der Waals surface area contributed by atoms with Gasteiger partial charge in [-0.2, -0.15) is 4.98 Å². The van der Waals surface area contributed by atoms with Gasteiger partial charge >= 0.3 is 0 Å². The van der Waals surface area contributed by atoms with Crippen LogP contribution < -0.4 is 5.32 Å². The molecule has 0 saturated heterocycles. The monoisotopic (exact) mass is 401 g/mol. The number of fused-ring (bicyclic) bond motifs is 1. The lowest BCUT2D eigenvalue weighted by molar-refractivity contribution is -0.385. The van der Waals surface area contributed by atoms with E-state index in [4.69, 9.17) is 0 Å². The zero-order valence-electron chi connectivity index (χ0n) is 16.3. The van der Waals surface area contributed by atoms with Crippen LogP contribution in [0.4, 0.5) is 11.6 Å². The number of allylic oxidation sites excluding steroid dienone is 2. The van der Waals surface area contributed by atoms with Crippen LogP contribution in [0, 0.1) is 17.0 Å². The van der Waals surface area contributed by atoms with Crippen LogP contribution in [0.25, 0.3) is 11.4 Å². The Balaban J connectivity index is 1.72. The SMILES string of the molecule is Cc1ccc(-c2nc3n(n2)C(c2ccccc2[N+](=O)[O-])C2=C(CCCC2=O)N3)cc1. The summed E-state index contributed by atoms with van der Waals surface area (Å²) in [4.78, 5) is 28.8. The molecule has 1 aliphatic heterocycles. The Labute approximate surface area is 172 Å². The first kappa shape index (κ1) is 18.2. The summed E-state index contributed by atoms with van der Waals surface area (Å²) in [5.74, 6) is 0.987. The number of carbonyl (C=O) groups is 1. The standard InChI is InChI=1S/C22H19N5O3/c1-13-9-11-14(12-10-13)21-24-22-23-16-6-4-8-18(28)19(16)20(26(22)25-21)15-5-2-3-7-17(15)27(29)30/h2-3,5,7,9-12,20H,4,6,8H2,1H3,(H,23,24,25). The molecule has 8 nitrogen and oxygen atoms in total. The van der Waals surface area contributed by atoms with Gasteiger partial charge in [-0.1, -0.05) is 42.0 Å². The Morgan fingerprint density at radius 3 is 2.67 bits per heavy atom. The van der Waals surface area contributed by atoms with Crippen molar-refractivity contribution in [3.8, 4) is 11.4 Å². The predicted octanol–water partition coefficient (Wildman–Crippen LogP) is 4.18. The number of nitrogens with one attached hydrogen (secondary N) is 1. The number of benzene rings is 2.